The number of rotatable bonds is 7. The van der Waals surface area contributed by atoms with E-state index < -0.39 is 0 Å². The van der Waals surface area contributed by atoms with Crippen molar-refractivity contribution in [3.63, 3.8) is 0 Å². The zero-order valence-electron chi connectivity index (χ0n) is 11.1. The molecule has 19 heavy (non-hydrogen) atoms. The van der Waals surface area contributed by atoms with Crippen LogP contribution in [0.5, 0.6) is 0 Å². The van der Waals surface area contributed by atoms with Gasteiger partial charge in [-0.25, -0.2) is 0 Å². The van der Waals surface area contributed by atoms with E-state index in [1.54, 1.807) is 11.3 Å². The van der Waals surface area contributed by atoms with Crippen LogP contribution in [0.25, 0.3) is 0 Å². The zero-order valence-corrected chi connectivity index (χ0v) is 13.5. The van der Waals surface area contributed by atoms with Gasteiger partial charge < -0.3 is 9.84 Å². The first-order valence-corrected chi connectivity index (χ1v) is 8.26. The van der Waals surface area contributed by atoms with E-state index in [0.717, 1.165) is 52.5 Å². The number of aliphatic hydroxyl groups excluding tert-OH is 1. The lowest BCUT2D eigenvalue weighted by Gasteiger charge is -2.29. The maximum absolute atomic E-state index is 9.18. The Morgan fingerprint density at radius 1 is 1.32 bits per heavy atom. The Kier molecular flexibility index (Phi) is 6.76. The monoisotopic (exact) mass is 348 g/mol. The second-order valence-corrected chi connectivity index (χ2v) is 7.21. The molecule has 1 N–H and O–H groups in total. The molecule has 6 heteroatoms. The number of aliphatic hydroxyl groups is 1. The average molecular weight is 349 g/mol. The van der Waals surface area contributed by atoms with Crippen molar-refractivity contribution >= 4 is 27.3 Å². The summed E-state index contributed by atoms with van der Waals surface area (Å²) in [6, 6.07) is 4.23. The second-order valence-electron chi connectivity index (χ2n) is 4.66. The van der Waals surface area contributed by atoms with Crippen LogP contribution in [-0.2, 0) is 11.3 Å². The highest BCUT2D eigenvalue weighted by Crippen LogP contribution is 2.23. The van der Waals surface area contributed by atoms with Gasteiger partial charge in [0.1, 0.15) is 0 Å². The van der Waals surface area contributed by atoms with Gasteiger partial charge in [0, 0.05) is 44.1 Å². The summed E-state index contributed by atoms with van der Waals surface area (Å²) in [4.78, 5) is 6.08. The molecule has 1 saturated heterocycles. The molecule has 0 unspecified atom stereocenters. The van der Waals surface area contributed by atoms with Crippen molar-refractivity contribution in [2.45, 2.75) is 6.54 Å². The Bertz CT molecular complexity index is 369. The van der Waals surface area contributed by atoms with Gasteiger partial charge in [0.05, 0.1) is 23.6 Å². The number of hydrogen-bond acceptors (Lipinski definition) is 5. The van der Waals surface area contributed by atoms with E-state index in [9.17, 15) is 5.11 Å². The fourth-order valence-electron chi connectivity index (χ4n) is 2.18. The fraction of sp³-hybridized carbons (Fsp3) is 0.692. The molecule has 4 nitrogen and oxygen atoms in total. The molecule has 0 aromatic carbocycles. The third-order valence-corrected chi connectivity index (χ3v) is 4.87. The molecule has 1 aliphatic rings. The van der Waals surface area contributed by atoms with Crippen molar-refractivity contribution in [3.05, 3.63) is 20.8 Å². The van der Waals surface area contributed by atoms with E-state index in [1.165, 1.54) is 8.66 Å². The molecule has 0 saturated carbocycles. The molecule has 0 bridgehead atoms. The van der Waals surface area contributed by atoms with Crippen LogP contribution in [0.1, 0.15) is 4.88 Å². The number of hydrogen-bond donors (Lipinski definition) is 1. The van der Waals surface area contributed by atoms with Gasteiger partial charge >= 0.3 is 0 Å². The molecule has 108 valence electrons. The van der Waals surface area contributed by atoms with Crippen LogP contribution in [0, 0.1) is 0 Å². The van der Waals surface area contributed by atoms with Gasteiger partial charge in [0.15, 0.2) is 0 Å². The molecule has 0 spiro atoms. The Morgan fingerprint density at radius 2 is 2.11 bits per heavy atom. The van der Waals surface area contributed by atoms with Crippen LogP contribution in [0.2, 0.25) is 0 Å². The van der Waals surface area contributed by atoms with Crippen LogP contribution < -0.4 is 0 Å². The van der Waals surface area contributed by atoms with E-state index in [4.69, 9.17) is 4.74 Å². The van der Waals surface area contributed by atoms with Crippen LogP contribution >= 0.6 is 27.3 Å². The highest BCUT2D eigenvalue weighted by Gasteiger charge is 2.13. The van der Waals surface area contributed by atoms with Gasteiger partial charge in [-0.05, 0) is 28.1 Å². The lowest BCUT2D eigenvalue weighted by molar-refractivity contribution is 0.0321. The lowest BCUT2D eigenvalue weighted by Crippen LogP contribution is -2.41. The molecule has 1 aromatic heterocycles. The van der Waals surface area contributed by atoms with Crippen molar-refractivity contribution < 1.29 is 9.84 Å². The van der Waals surface area contributed by atoms with Gasteiger partial charge in [0.2, 0.25) is 0 Å². The third kappa shape index (κ3) is 5.49. The topological polar surface area (TPSA) is 35.9 Å². The smallest absolute Gasteiger partial charge is 0.0701 e. The van der Waals surface area contributed by atoms with Gasteiger partial charge in [-0.1, -0.05) is 0 Å². The largest absolute Gasteiger partial charge is 0.395 e. The summed E-state index contributed by atoms with van der Waals surface area (Å²) in [5.74, 6) is 0. The Morgan fingerprint density at radius 3 is 2.74 bits per heavy atom. The maximum atomic E-state index is 9.18. The molecular weight excluding hydrogens is 328 g/mol. The summed E-state index contributed by atoms with van der Waals surface area (Å²) in [5, 5.41) is 9.18. The molecule has 0 atom stereocenters. The molecule has 1 aliphatic heterocycles. The quantitative estimate of drug-likeness (QED) is 0.812. The molecule has 2 heterocycles. The number of morpholine rings is 1. The summed E-state index contributed by atoms with van der Waals surface area (Å²) in [6.45, 7) is 7.66. The first kappa shape index (κ1) is 15.4. The number of thiophene rings is 1. The minimum atomic E-state index is 0.218. The zero-order chi connectivity index (χ0) is 13.5. The molecule has 2 rings (SSSR count). The average Bonchev–Trinajstić information content (AvgIpc) is 2.83. The molecule has 1 fully saturated rings. The molecule has 0 aliphatic carbocycles. The Balaban J connectivity index is 1.78. The molecule has 0 amide bonds. The number of ether oxygens (including phenoxy) is 1. The van der Waals surface area contributed by atoms with Gasteiger partial charge in [-0.15, -0.1) is 11.3 Å². The van der Waals surface area contributed by atoms with Gasteiger partial charge in [-0.3, -0.25) is 9.80 Å². The van der Waals surface area contributed by atoms with Crippen LogP contribution in [-0.4, -0.2) is 67.5 Å². The fourth-order valence-corrected chi connectivity index (χ4v) is 3.70. The van der Waals surface area contributed by atoms with Crippen LogP contribution in [0.4, 0.5) is 0 Å². The van der Waals surface area contributed by atoms with E-state index in [1.807, 2.05) is 0 Å². The van der Waals surface area contributed by atoms with Crippen molar-refractivity contribution in [2.75, 3.05) is 52.5 Å². The van der Waals surface area contributed by atoms with Crippen LogP contribution in [0.3, 0.4) is 0 Å². The van der Waals surface area contributed by atoms with E-state index in [2.05, 4.69) is 37.9 Å². The second kappa shape index (κ2) is 8.34. The van der Waals surface area contributed by atoms with E-state index in [-0.39, 0.29) is 6.61 Å². The molecular formula is C13H21BrN2O2S. The van der Waals surface area contributed by atoms with Crippen LogP contribution in [0.15, 0.2) is 15.9 Å². The Hall–Kier alpha value is 0.0200. The first-order chi connectivity index (χ1) is 9.28. The lowest BCUT2D eigenvalue weighted by atomic mass is 10.3. The molecule has 1 aromatic rings. The number of nitrogens with zero attached hydrogens (tertiary/aromatic N) is 2. The van der Waals surface area contributed by atoms with Crippen molar-refractivity contribution in [1.82, 2.24) is 9.80 Å². The standard InChI is InChI=1S/C13H21BrN2O2S/c14-13-2-1-12(19-13)11-16(5-8-17)4-3-15-6-9-18-10-7-15/h1-2,17H,3-11H2. The maximum Gasteiger partial charge on any atom is 0.0701 e. The van der Waals surface area contributed by atoms with Gasteiger partial charge in [0.25, 0.3) is 0 Å². The number of halogens is 1. The highest BCUT2D eigenvalue weighted by atomic mass is 79.9. The Labute approximate surface area is 127 Å². The summed E-state index contributed by atoms with van der Waals surface area (Å²) in [5.41, 5.74) is 0. The summed E-state index contributed by atoms with van der Waals surface area (Å²) in [6.07, 6.45) is 0. The summed E-state index contributed by atoms with van der Waals surface area (Å²) >= 11 is 5.25. The molecule has 0 radical (unpaired) electrons. The first-order valence-electron chi connectivity index (χ1n) is 6.65. The van der Waals surface area contributed by atoms with E-state index in [0.29, 0.717) is 0 Å². The normalized spacial score (nSPS) is 17.2. The van der Waals surface area contributed by atoms with E-state index >= 15 is 0 Å². The van der Waals surface area contributed by atoms with Gasteiger partial charge in [-0.2, -0.15) is 0 Å². The van der Waals surface area contributed by atoms with Crippen molar-refractivity contribution in [1.29, 1.82) is 0 Å². The SMILES string of the molecule is OCCN(CCN1CCOCC1)Cc1ccc(Br)s1. The predicted octanol–water partition coefficient (Wildman–Crippen LogP) is 1.64. The third-order valence-electron chi connectivity index (χ3n) is 3.26. The van der Waals surface area contributed by atoms with Crippen molar-refractivity contribution in [3.8, 4) is 0 Å². The minimum Gasteiger partial charge on any atom is -0.395 e. The predicted molar refractivity (Wildman–Crippen MR) is 81.6 cm³/mol. The summed E-state index contributed by atoms with van der Waals surface area (Å²) in [7, 11) is 0. The highest BCUT2D eigenvalue weighted by molar-refractivity contribution is 9.11. The van der Waals surface area contributed by atoms with Crippen molar-refractivity contribution in [2.24, 2.45) is 0 Å². The minimum absolute atomic E-state index is 0.218. The summed E-state index contributed by atoms with van der Waals surface area (Å²) < 4.78 is 6.52.